The van der Waals surface area contributed by atoms with E-state index in [9.17, 15) is 9.59 Å². The molecule has 152 valence electrons. The number of Topliss-reactive ketones (excluding diaryl/α,β-unsaturated/α-hetero) is 1. The van der Waals surface area contributed by atoms with Crippen LogP contribution >= 0.6 is 0 Å². The molecule has 0 aliphatic carbocycles. The zero-order valence-corrected chi connectivity index (χ0v) is 16.3. The normalized spacial score (nSPS) is 20.2. The first-order valence-electron chi connectivity index (χ1n) is 9.95. The monoisotopic (exact) mass is 412 g/mol. The highest BCUT2D eigenvalue weighted by molar-refractivity contribution is 6.15. The summed E-state index contributed by atoms with van der Waals surface area (Å²) in [4.78, 5) is 25.3. The summed E-state index contributed by atoms with van der Waals surface area (Å²) in [5.41, 5.74) is 3.02. The van der Waals surface area contributed by atoms with Gasteiger partial charge in [-0.15, -0.1) is 0 Å². The van der Waals surface area contributed by atoms with Crippen molar-refractivity contribution < 1.29 is 28.2 Å². The minimum atomic E-state index is -0.326. The molecule has 0 amide bonds. The van der Waals surface area contributed by atoms with Crippen LogP contribution in [0.4, 0.5) is 0 Å². The van der Waals surface area contributed by atoms with Gasteiger partial charge in [0.2, 0.25) is 5.78 Å². The second-order valence-electron chi connectivity index (χ2n) is 7.59. The van der Waals surface area contributed by atoms with E-state index in [4.69, 9.17) is 18.6 Å². The first-order chi connectivity index (χ1) is 15.2. The van der Waals surface area contributed by atoms with Crippen LogP contribution in [0.3, 0.4) is 0 Å². The lowest BCUT2D eigenvalue weighted by molar-refractivity contribution is -0.135. The summed E-state index contributed by atoms with van der Waals surface area (Å²) in [6.07, 6.45) is 5.29. The number of carbonyl (C=O) groups is 2. The maximum absolute atomic E-state index is 12.9. The average Bonchev–Trinajstić information content (AvgIpc) is 3.41. The third-order valence-electron chi connectivity index (χ3n) is 5.70. The summed E-state index contributed by atoms with van der Waals surface area (Å²) in [5.74, 6) is 1.47. The van der Waals surface area contributed by atoms with Crippen molar-refractivity contribution in [3.8, 4) is 17.2 Å². The topological polar surface area (TPSA) is 75.0 Å². The van der Waals surface area contributed by atoms with Crippen LogP contribution in [-0.2, 0) is 4.79 Å². The standard InChI is InChI=1S/C25H16O6/c26-22-12-18(15-10-14-4-1-2-6-19(14)29-13-15)23-20(30-22)8-7-17-24(27)21(31-25(17)23)11-16-5-3-9-28-16/h1-11,18H,12-13H2/b21-11-/t18-/m1/s1. The van der Waals surface area contributed by atoms with Gasteiger partial charge in [0.25, 0.3) is 0 Å². The number of hydrogen-bond acceptors (Lipinski definition) is 6. The van der Waals surface area contributed by atoms with Gasteiger partial charge in [0.15, 0.2) is 5.76 Å². The minimum absolute atomic E-state index is 0.148. The van der Waals surface area contributed by atoms with Crippen LogP contribution in [0.1, 0.15) is 39.6 Å². The van der Waals surface area contributed by atoms with Gasteiger partial charge in [-0.05, 0) is 42.0 Å². The number of hydrogen-bond donors (Lipinski definition) is 0. The van der Waals surface area contributed by atoms with Gasteiger partial charge < -0.3 is 18.6 Å². The first kappa shape index (κ1) is 17.8. The van der Waals surface area contributed by atoms with E-state index >= 15 is 0 Å². The molecule has 0 saturated carbocycles. The molecule has 1 atom stereocenters. The molecular formula is C25H16O6. The molecule has 0 spiro atoms. The predicted octanol–water partition coefficient (Wildman–Crippen LogP) is 4.76. The average molecular weight is 412 g/mol. The second kappa shape index (κ2) is 6.74. The van der Waals surface area contributed by atoms with E-state index < -0.39 is 0 Å². The fraction of sp³-hybridized carbons (Fsp3) is 0.120. The number of allylic oxidation sites excluding steroid dienone is 1. The third kappa shape index (κ3) is 2.87. The Balaban J connectivity index is 1.46. The number of furan rings is 1. The van der Waals surface area contributed by atoms with Crippen molar-refractivity contribution >= 4 is 23.9 Å². The van der Waals surface area contributed by atoms with Crippen LogP contribution in [0.15, 0.2) is 70.5 Å². The SMILES string of the molecule is O=C1C[C@H](C2=Cc3ccccc3OC2)c2c(ccc3c2O/C(=C\c2ccco2)C3=O)O1. The molecule has 0 fully saturated rings. The lowest BCUT2D eigenvalue weighted by Crippen LogP contribution is -2.24. The molecule has 0 bridgehead atoms. The molecule has 6 heteroatoms. The molecule has 0 N–H and O–H groups in total. The maximum Gasteiger partial charge on any atom is 0.312 e. The molecule has 1 aromatic heterocycles. The van der Waals surface area contributed by atoms with E-state index in [2.05, 4.69) is 0 Å². The number of ether oxygens (including phenoxy) is 3. The van der Waals surface area contributed by atoms with Gasteiger partial charge in [-0.2, -0.15) is 0 Å². The Morgan fingerprint density at radius 1 is 0.935 bits per heavy atom. The molecule has 3 aliphatic rings. The smallest absolute Gasteiger partial charge is 0.312 e. The Bertz CT molecular complexity index is 1300. The Morgan fingerprint density at radius 3 is 2.71 bits per heavy atom. The van der Waals surface area contributed by atoms with Gasteiger partial charge in [-0.25, -0.2) is 0 Å². The molecule has 2 aromatic carbocycles. The van der Waals surface area contributed by atoms with Crippen molar-refractivity contribution in [2.75, 3.05) is 6.61 Å². The summed E-state index contributed by atoms with van der Waals surface area (Å²) in [6.45, 7) is 0.348. The van der Waals surface area contributed by atoms with Crippen molar-refractivity contribution in [2.45, 2.75) is 12.3 Å². The van der Waals surface area contributed by atoms with Gasteiger partial charge in [-0.1, -0.05) is 18.2 Å². The van der Waals surface area contributed by atoms with Crippen molar-refractivity contribution in [1.82, 2.24) is 0 Å². The van der Waals surface area contributed by atoms with Crippen LogP contribution in [-0.4, -0.2) is 18.4 Å². The van der Waals surface area contributed by atoms with Crippen LogP contribution in [0, 0.1) is 0 Å². The molecule has 3 aliphatic heterocycles. The number of fused-ring (bicyclic) bond motifs is 4. The lowest BCUT2D eigenvalue weighted by Gasteiger charge is -2.29. The van der Waals surface area contributed by atoms with Crippen LogP contribution in [0.5, 0.6) is 17.2 Å². The zero-order chi connectivity index (χ0) is 20.9. The number of benzene rings is 2. The van der Waals surface area contributed by atoms with Crippen molar-refractivity contribution in [2.24, 2.45) is 0 Å². The number of carbonyl (C=O) groups excluding carboxylic acids is 2. The van der Waals surface area contributed by atoms with E-state index in [-0.39, 0.29) is 29.9 Å². The maximum atomic E-state index is 12.9. The van der Waals surface area contributed by atoms with Crippen LogP contribution < -0.4 is 14.2 Å². The van der Waals surface area contributed by atoms with Gasteiger partial charge in [0.05, 0.1) is 18.2 Å². The molecule has 0 unspecified atom stereocenters. The van der Waals surface area contributed by atoms with E-state index in [1.165, 1.54) is 6.26 Å². The highest BCUT2D eigenvalue weighted by atomic mass is 16.5. The quantitative estimate of drug-likeness (QED) is 0.343. The molecule has 0 saturated heterocycles. The first-order valence-corrected chi connectivity index (χ1v) is 9.95. The fourth-order valence-electron chi connectivity index (χ4n) is 4.26. The number of esters is 1. The summed E-state index contributed by atoms with van der Waals surface area (Å²) in [7, 11) is 0. The fourth-order valence-corrected chi connectivity index (χ4v) is 4.26. The predicted molar refractivity (Wildman–Crippen MR) is 111 cm³/mol. The highest BCUT2D eigenvalue weighted by Gasteiger charge is 2.39. The van der Waals surface area contributed by atoms with Crippen LogP contribution in [0.25, 0.3) is 12.2 Å². The number of rotatable bonds is 2. The van der Waals surface area contributed by atoms with Crippen molar-refractivity contribution in [3.05, 3.63) is 88.6 Å². The molecule has 4 heterocycles. The number of para-hydroxylation sites is 1. The Kier molecular flexibility index (Phi) is 3.86. The molecule has 3 aromatic rings. The van der Waals surface area contributed by atoms with E-state index in [1.54, 1.807) is 30.3 Å². The highest BCUT2D eigenvalue weighted by Crippen LogP contribution is 2.50. The summed E-state index contributed by atoms with van der Waals surface area (Å²) < 4.78 is 22.7. The van der Waals surface area contributed by atoms with Crippen molar-refractivity contribution in [1.29, 1.82) is 0 Å². The Hall–Kier alpha value is -4.06. The van der Waals surface area contributed by atoms with E-state index in [0.29, 0.717) is 35.0 Å². The van der Waals surface area contributed by atoms with Crippen molar-refractivity contribution in [3.63, 3.8) is 0 Å². The molecule has 6 rings (SSSR count). The molecule has 6 nitrogen and oxygen atoms in total. The third-order valence-corrected chi connectivity index (χ3v) is 5.70. The molecule has 31 heavy (non-hydrogen) atoms. The van der Waals surface area contributed by atoms with Crippen LogP contribution in [0.2, 0.25) is 0 Å². The number of ketones is 1. The summed E-state index contributed by atoms with van der Waals surface area (Å²) in [6, 6.07) is 14.5. The molecular weight excluding hydrogens is 396 g/mol. The van der Waals surface area contributed by atoms with E-state index in [0.717, 1.165) is 16.9 Å². The van der Waals surface area contributed by atoms with E-state index in [1.807, 2.05) is 30.3 Å². The largest absolute Gasteiger partial charge is 0.489 e. The summed E-state index contributed by atoms with van der Waals surface area (Å²) in [5, 5.41) is 0. The van der Waals surface area contributed by atoms with Gasteiger partial charge in [0, 0.05) is 23.1 Å². The Morgan fingerprint density at radius 2 is 1.84 bits per heavy atom. The Labute approximate surface area is 177 Å². The van der Waals surface area contributed by atoms with Gasteiger partial charge >= 0.3 is 5.97 Å². The lowest BCUT2D eigenvalue weighted by atomic mass is 9.83. The zero-order valence-electron chi connectivity index (χ0n) is 16.3. The summed E-state index contributed by atoms with van der Waals surface area (Å²) >= 11 is 0. The van der Waals surface area contributed by atoms with Gasteiger partial charge in [0.1, 0.15) is 29.6 Å². The molecule has 0 radical (unpaired) electrons. The van der Waals surface area contributed by atoms with Gasteiger partial charge in [-0.3, -0.25) is 9.59 Å². The second-order valence-corrected chi connectivity index (χ2v) is 7.59. The minimum Gasteiger partial charge on any atom is -0.489 e.